The van der Waals surface area contributed by atoms with Crippen LogP contribution >= 0.6 is 11.6 Å². The summed E-state index contributed by atoms with van der Waals surface area (Å²) in [5.74, 6) is 0.656. The average Bonchev–Trinajstić information content (AvgIpc) is 2.93. The summed E-state index contributed by atoms with van der Waals surface area (Å²) in [6, 6.07) is 14.7. The molecule has 0 unspecified atom stereocenters. The molecule has 0 spiro atoms. The van der Waals surface area contributed by atoms with Crippen LogP contribution in [0, 0.1) is 0 Å². The molecule has 0 aliphatic rings. The molecule has 6 heteroatoms. The van der Waals surface area contributed by atoms with Crippen molar-refractivity contribution in [2.45, 2.75) is 12.6 Å². The quantitative estimate of drug-likeness (QED) is 0.408. The van der Waals surface area contributed by atoms with Crippen LogP contribution in [0.5, 0.6) is 5.75 Å². The Hall–Kier alpha value is -2.50. The van der Waals surface area contributed by atoms with E-state index in [1.807, 2.05) is 35.0 Å². The number of aromatic nitrogens is 1. The third-order valence-corrected chi connectivity index (χ3v) is 3.93. The molecule has 0 saturated carbocycles. The molecule has 0 amide bonds. The highest BCUT2D eigenvalue weighted by Crippen LogP contribution is 2.21. The van der Waals surface area contributed by atoms with Crippen molar-refractivity contribution in [2.75, 3.05) is 6.61 Å². The van der Waals surface area contributed by atoms with Crippen molar-refractivity contribution < 1.29 is 15.1 Å². The van der Waals surface area contributed by atoms with Crippen LogP contribution in [0.15, 0.2) is 59.9 Å². The smallest absolute Gasteiger partial charge is 0.119 e. The van der Waals surface area contributed by atoms with Gasteiger partial charge in [-0.05, 0) is 30.3 Å². The summed E-state index contributed by atoms with van der Waals surface area (Å²) in [7, 11) is 0. The van der Waals surface area contributed by atoms with E-state index in [9.17, 15) is 5.11 Å². The number of hydrogen-bond acceptors (Lipinski definition) is 4. The van der Waals surface area contributed by atoms with Crippen molar-refractivity contribution in [3.8, 4) is 5.75 Å². The lowest BCUT2D eigenvalue weighted by Crippen LogP contribution is -2.23. The van der Waals surface area contributed by atoms with Crippen LogP contribution in [0.2, 0.25) is 5.02 Å². The van der Waals surface area contributed by atoms with Crippen LogP contribution in [0.3, 0.4) is 0 Å². The Morgan fingerprint density at radius 3 is 2.67 bits per heavy atom. The monoisotopic (exact) mass is 344 g/mol. The van der Waals surface area contributed by atoms with Gasteiger partial charge in [0.2, 0.25) is 0 Å². The fourth-order valence-corrected chi connectivity index (χ4v) is 2.72. The molecular weight excluding hydrogens is 328 g/mol. The number of halogens is 1. The average molecular weight is 345 g/mol. The summed E-state index contributed by atoms with van der Waals surface area (Å²) in [5.41, 5.74) is 1.75. The van der Waals surface area contributed by atoms with E-state index >= 15 is 0 Å². The first-order chi connectivity index (χ1) is 11.7. The fraction of sp³-hybridized carbons (Fsp3) is 0.167. The number of rotatable bonds is 6. The van der Waals surface area contributed by atoms with E-state index in [-0.39, 0.29) is 6.61 Å². The maximum Gasteiger partial charge on any atom is 0.119 e. The fourth-order valence-electron chi connectivity index (χ4n) is 2.59. The molecule has 3 rings (SSSR count). The van der Waals surface area contributed by atoms with Gasteiger partial charge in [0.1, 0.15) is 18.5 Å². The van der Waals surface area contributed by atoms with Crippen molar-refractivity contribution in [3.63, 3.8) is 0 Å². The highest BCUT2D eigenvalue weighted by molar-refractivity contribution is 6.30. The van der Waals surface area contributed by atoms with E-state index < -0.39 is 6.10 Å². The number of hydrogen-bond donors (Lipinski definition) is 2. The summed E-state index contributed by atoms with van der Waals surface area (Å²) >= 11 is 5.83. The Morgan fingerprint density at radius 2 is 1.92 bits per heavy atom. The predicted molar refractivity (Wildman–Crippen MR) is 94.3 cm³/mol. The minimum absolute atomic E-state index is 0.164. The first-order valence-corrected chi connectivity index (χ1v) is 7.87. The van der Waals surface area contributed by atoms with Crippen LogP contribution in [0.4, 0.5) is 0 Å². The van der Waals surface area contributed by atoms with Gasteiger partial charge in [-0.15, -0.1) is 0 Å². The Bertz CT molecular complexity index is 843. The zero-order chi connectivity index (χ0) is 16.9. The number of fused-ring (bicyclic) bond motifs is 1. The molecule has 0 fully saturated rings. The molecule has 2 N–H and O–H groups in total. The molecule has 24 heavy (non-hydrogen) atoms. The molecule has 2 aromatic carbocycles. The van der Waals surface area contributed by atoms with E-state index in [0.717, 1.165) is 16.5 Å². The van der Waals surface area contributed by atoms with Gasteiger partial charge in [0.15, 0.2) is 0 Å². The van der Waals surface area contributed by atoms with Crippen LogP contribution in [0.25, 0.3) is 10.9 Å². The first kappa shape index (κ1) is 16.4. The molecule has 1 atom stereocenters. The molecule has 0 bridgehead atoms. The van der Waals surface area contributed by atoms with Gasteiger partial charge in [0.05, 0.1) is 12.8 Å². The number of aliphatic hydroxyl groups is 1. The largest absolute Gasteiger partial charge is 0.491 e. The summed E-state index contributed by atoms with van der Waals surface area (Å²) in [6.45, 7) is 0.533. The van der Waals surface area contributed by atoms with Crippen molar-refractivity contribution in [1.82, 2.24) is 4.57 Å². The first-order valence-electron chi connectivity index (χ1n) is 7.49. The van der Waals surface area contributed by atoms with Gasteiger partial charge >= 0.3 is 0 Å². The molecule has 5 nitrogen and oxygen atoms in total. The van der Waals surface area contributed by atoms with Gasteiger partial charge in [-0.3, -0.25) is 0 Å². The van der Waals surface area contributed by atoms with Gasteiger partial charge in [-0.1, -0.05) is 35.0 Å². The second kappa shape index (κ2) is 7.38. The van der Waals surface area contributed by atoms with E-state index in [0.29, 0.717) is 17.3 Å². The van der Waals surface area contributed by atoms with E-state index in [1.54, 1.807) is 24.3 Å². The van der Waals surface area contributed by atoms with Crippen molar-refractivity contribution >= 4 is 28.7 Å². The maximum absolute atomic E-state index is 10.3. The highest BCUT2D eigenvalue weighted by Gasteiger charge is 2.11. The second-order valence-corrected chi connectivity index (χ2v) is 5.85. The number of benzene rings is 2. The van der Waals surface area contributed by atoms with Gasteiger partial charge in [0, 0.05) is 27.7 Å². The summed E-state index contributed by atoms with van der Waals surface area (Å²) in [4.78, 5) is 0. The molecule has 3 aromatic rings. The zero-order valence-electron chi connectivity index (χ0n) is 12.8. The second-order valence-electron chi connectivity index (χ2n) is 5.42. The van der Waals surface area contributed by atoms with Gasteiger partial charge in [-0.25, -0.2) is 0 Å². The Kier molecular flexibility index (Phi) is 5.03. The van der Waals surface area contributed by atoms with Gasteiger partial charge in [0.25, 0.3) is 0 Å². The molecule has 1 aromatic heterocycles. The SMILES string of the molecule is O/N=C\c1cn(C[C@@H](O)COc2ccc(Cl)cc2)c2ccccc12. The van der Waals surface area contributed by atoms with Crippen LogP contribution in [-0.4, -0.2) is 33.8 Å². The minimum atomic E-state index is -0.685. The molecule has 1 heterocycles. The Morgan fingerprint density at radius 1 is 1.17 bits per heavy atom. The maximum atomic E-state index is 10.3. The summed E-state index contributed by atoms with van der Waals surface area (Å²) < 4.78 is 7.49. The molecule has 124 valence electrons. The summed E-state index contributed by atoms with van der Waals surface area (Å²) in [6.07, 6.45) is 2.54. The van der Waals surface area contributed by atoms with Crippen LogP contribution in [0.1, 0.15) is 5.56 Å². The van der Waals surface area contributed by atoms with Crippen molar-refractivity contribution in [3.05, 3.63) is 65.3 Å². The van der Waals surface area contributed by atoms with Gasteiger partial charge in [-0.2, -0.15) is 0 Å². The van der Waals surface area contributed by atoms with Crippen LogP contribution < -0.4 is 4.74 Å². The topological polar surface area (TPSA) is 67.0 Å². The molecule has 0 radical (unpaired) electrons. The Labute approximate surface area is 144 Å². The van der Waals surface area contributed by atoms with Crippen LogP contribution in [-0.2, 0) is 6.54 Å². The van der Waals surface area contributed by atoms with Crippen molar-refractivity contribution in [1.29, 1.82) is 0 Å². The van der Waals surface area contributed by atoms with E-state index in [2.05, 4.69) is 5.16 Å². The molecular formula is C18H17ClN2O3. The van der Waals surface area contributed by atoms with Crippen molar-refractivity contribution in [2.24, 2.45) is 5.16 Å². The number of ether oxygens (including phenoxy) is 1. The van der Waals surface area contributed by atoms with E-state index in [4.69, 9.17) is 21.5 Å². The lowest BCUT2D eigenvalue weighted by molar-refractivity contribution is 0.0936. The third kappa shape index (κ3) is 3.69. The minimum Gasteiger partial charge on any atom is -0.491 e. The standard InChI is InChI=1S/C18H17ClN2O3/c19-14-5-7-16(8-6-14)24-12-15(22)11-21-10-13(9-20-23)17-3-1-2-4-18(17)21/h1-10,15,22-23H,11-12H2/b20-9-/t15-/m1/s1. The summed E-state index contributed by atoms with van der Waals surface area (Å²) in [5, 5.41) is 23.7. The lowest BCUT2D eigenvalue weighted by Gasteiger charge is -2.14. The Balaban J connectivity index is 1.71. The number of nitrogens with zero attached hydrogens (tertiary/aromatic N) is 2. The molecule has 0 aliphatic heterocycles. The normalized spacial score (nSPS) is 12.8. The predicted octanol–water partition coefficient (Wildman–Crippen LogP) is 3.54. The number of aliphatic hydroxyl groups excluding tert-OH is 1. The number of oxime groups is 1. The third-order valence-electron chi connectivity index (χ3n) is 3.68. The van der Waals surface area contributed by atoms with E-state index in [1.165, 1.54) is 6.21 Å². The lowest BCUT2D eigenvalue weighted by atomic mass is 10.2. The highest BCUT2D eigenvalue weighted by atomic mass is 35.5. The molecule has 0 saturated heterocycles. The zero-order valence-corrected chi connectivity index (χ0v) is 13.6. The number of para-hydroxylation sites is 1. The molecule has 0 aliphatic carbocycles. The van der Waals surface area contributed by atoms with Gasteiger partial charge < -0.3 is 19.6 Å².